The Kier molecular flexibility index (Phi) is 4.10. The van der Waals surface area contributed by atoms with E-state index in [9.17, 15) is 14.9 Å². The number of amides is 1. The van der Waals surface area contributed by atoms with Gasteiger partial charge in [0.15, 0.2) is 0 Å². The highest BCUT2D eigenvalue weighted by atomic mass is 16.6. The standard InChI is InChI=1S/C15H14N2O3/c1-11-7-8-14(17(19)20)9-13(11)10-16-15(18)12-5-3-2-4-6-12/h2-9H,10H2,1H3,(H,16,18). The monoisotopic (exact) mass is 270 g/mol. The van der Waals surface area contributed by atoms with Crippen molar-refractivity contribution in [1.82, 2.24) is 5.32 Å². The van der Waals surface area contributed by atoms with Gasteiger partial charge in [-0.3, -0.25) is 14.9 Å². The number of carbonyl (C=O) groups excluding carboxylic acids is 1. The average Bonchev–Trinajstić information content (AvgIpc) is 2.46. The molecule has 102 valence electrons. The number of aryl methyl sites for hydroxylation is 1. The lowest BCUT2D eigenvalue weighted by atomic mass is 10.1. The van der Waals surface area contributed by atoms with E-state index in [1.165, 1.54) is 12.1 Å². The van der Waals surface area contributed by atoms with E-state index in [1.807, 2.05) is 13.0 Å². The molecule has 20 heavy (non-hydrogen) atoms. The van der Waals surface area contributed by atoms with Crippen molar-refractivity contribution in [2.75, 3.05) is 0 Å². The molecule has 0 saturated heterocycles. The molecule has 0 spiro atoms. The second kappa shape index (κ2) is 5.97. The third kappa shape index (κ3) is 3.20. The van der Waals surface area contributed by atoms with Gasteiger partial charge >= 0.3 is 0 Å². The summed E-state index contributed by atoms with van der Waals surface area (Å²) in [6.45, 7) is 2.12. The Morgan fingerprint density at radius 1 is 1.20 bits per heavy atom. The highest BCUT2D eigenvalue weighted by Gasteiger charge is 2.10. The fraction of sp³-hybridized carbons (Fsp3) is 0.133. The molecule has 0 bridgehead atoms. The molecule has 1 amide bonds. The van der Waals surface area contributed by atoms with E-state index in [0.717, 1.165) is 11.1 Å². The first-order chi connectivity index (χ1) is 9.58. The van der Waals surface area contributed by atoms with Crippen LogP contribution in [0.3, 0.4) is 0 Å². The molecule has 2 rings (SSSR count). The van der Waals surface area contributed by atoms with E-state index >= 15 is 0 Å². The minimum absolute atomic E-state index is 0.0274. The molecular weight excluding hydrogens is 256 g/mol. The summed E-state index contributed by atoms with van der Waals surface area (Å²) in [6, 6.07) is 13.5. The maximum absolute atomic E-state index is 11.9. The second-order valence-electron chi connectivity index (χ2n) is 4.42. The molecule has 5 nitrogen and oxygen atoms in total. The quantitative estimate of drug-likeness (QED) is 0.685. The summed E-state index contributed by atoms with van der Waals surface area (Å²) in [5, 5.41) is 13.5. The van der Waals surface area contributed by atoms with Crippen molar-refractivity contribution >= 4 is 11.6 Å². The Bertz CT molecular complexity index is 639. The van der Waals surface area contributed by atoms with Crippen LogP contribution in [0.2, 0.25) is 0 Å². The molecule has 0 atom stereocenters. The Labute approximate surface area is 116 Å². The Balaban J connectivity index is 2.09. The van der Waals surface area contributed by atoms with E-state index in [0.29, 0.717) is 5.56 Å². The SMILES string of the molecule is Cc1ccc([N+](=O)[O-])cc1CNC(=O)c1ccccc1. The van der Waals surface area contributed by atoms with Crippen LogP contribution >= 0.6 is 0 Å². The van der Waals surface area contributed by atoms with E-state index in [-0.39, 0.29) is 18.1 Å². The fourth-order valence-electron chi connectivity index (χ4n) is 1.83. The predicted octanol–water partition coefficient (Wildman–Crippen LogP) is 2.83. The van der Waals surface area contributed by atoms with Gasteiger partial charge in [0.05, 0.1) is 4.92 Å². The van der Waals surface area contributed by atoms with Crippen LogP contribution in [-0.4, -0.2) is 10.8 Å². The van der Waals surface area contributed by atoms with Crippen LogP contribution in [0.15, 0.2) is 48.5 Å². The first kappa shape index (κ1) is 13.7. The van der Waals surface area contributed by atoms with Crippen molar-refractivity contribution < 1.29 is 9.72 Å². The van der Waals surface area contributed by atoms with E-state index < -0.39 is 4.92 Å². The molecule has 0 saturated carbocycles. The Morgan fingerprint density at radius 2 is 1.90 bits per heavy atom. The first-order valence-corrected chi connectivity index (χ1v) is 6.15. The summed E-state index contributed by atoms with van der Waals surface area (Å²) < 4.78 is 0. The van der Waals surface area contributed by atoms with Crippen molar-refractivity contribution in [3.63, 3.8) is 0 Å². The van der Waals surface area contributed by atoms with Gasteiger partial charge in [-0.2, -0.15) is 0 Å². The van der Waals surface area contributed by atoms with Crippen molar-refractivity contribution in [1.29, 1.82) is 0 Å². The molecule has 0 unspecified atom stereocenters. The molecule has 2 aromatic carbocycles. The number of nitro groups is 1. The number of nitrogens with one attached hydrogen (secondary N) is 1. The molecule has 0 heterocycles. The zero-order valence-corrected chi connectivity index (χ0v) is 11.0. The van der Waals surface area contributed by atoms with E-state index in [1.54, 1.807) is 30.3 Å². The summed E-state index contributed by atoms with van der Waals surface area (Å²) in [5.41, 5.74) is 2.24. The number of benzene rings is 2. The molecule has 1 N–H and O–H groups in total. The highest BCUT2D eigenvalue weighted by molar-refractivity contribution is 5.94. The van der Waals surface area contributed by atoms with Gasteiger partial charge < -0.3 is 5.32 Å². The molecule has 0 fully saturated rings. The highest BCUT2D eigenvalue weighted by Crippen LogP contribution is 2.17. The molecule has 5 heteroatoms. The fourth-order valence-corrected chi connectivity index (χ4v) is 1.83. The summed E-state index contributed by atoms with van der Waals surface area (Å²) in [7, 11) is 0. The third-order valence-electron chi connectivity index (χ3n) is 3.02. The Morgan fingerprint density at radius 3 is 2.55 bits per heavy atom. The number of non-ortho nitro benzene ring substituents is 1. The number of hydrogen-bond acceptors (Lipinski definition) is 3. The topological polar surface area (TPSA) is 72.2 Å². The van der Waals surface area contributed by atoms with Crippen LogP contribution < -0.4 is 5.32 Å². The average molecular weight is 270 g/mol. The van der Waals surface area contributed by atoms with E-state index in [2.05, 4.69) is 5.32 Å². The first-order valence-electron chi connectivity index (χ1n) is 6.15. The lowest BCUT2D eigenvalue weighted by Crippen LogP contribution is -2.23. The van der Waals surface area contributed by atoms with E-state index in [4.69, 9.17) is 0 Å². The minimum atomic E-state index is -0.443. The number of nitrogens with zero attached hydrogens (tertiary/aromatic N) is 1. The predicted molar refractivity (Wildman–Crippen MR) is 75.4 cm³/mol. The van der Waals surface area contributed by atoms with Crippen LogP contribution in [0, 0.1) is 17.0 Å². The lowest BCUT2D eigenvalue weighted by Gasteiger charge is -2.08. The number of nitro benzene ring substituents is 1. The molecule has 0 aliphatic rings. The summed E-state index contributed by atoms with van der Waals surface area (Å²) in [6.07, 6.45) is 0. The molecule has 2 aromatic rings. The van der Waals surface area contributed by atoms with Crippen molar-refractivity contribution in [2.24, 2.45) is 0 Å². The van der Waals surface area contributed by atoms with Crippen LogP contribution in [0.25, 0.3) is 0 Å². The summed E-state index contributed by atoms with van der Waals surface area (Å²) in [4.78, 5) is 22.2. The number of rotatable bonds is 4. The number of hydrogen-bond donors (Lipinski definition) is 1. The molecular formula is C15H14N2O3. The lowest BCUT2D eigenvalue weighted by molar-refractivity contribution is -0.384. The summed E-state index contributed by atoms with van der Waals surface area (Å²) >= 11 is 0. The van der Waals surface area contributed by atoms with Gasteiger partial charge in [0.1, 0.15) is 0 Å². The number of carbonyl (C=O) groups is 1. The van der Waals surface area contributed by atoms with Gasteiger partial charge in [0.2, 0.25) is 0 Å². The molecule has 0 aliphatic carbocycles. The van der Waals surface area contributed by atoms with Gasteiger partial charge in [0.25, 0.3) is 11.6 Å². The maximum atomic E-state index is 11.9. The largest absolute Gasteiger partial charge is 0.348 e. The van der Waals surface area contributed by atoms with Gasteiger partial charge in [-0.25, -0.2) is 0 Å². The summed E-state index contributed by atoms with van der Waals surface area (Å²) in [5.74, 6) is -0.198. The zero-order chi connectivity index (χ0) is 14.5. The molecule has 0 aliphatic heterocycles. The van der Waals surface area contributed by atoms with Crippen molar-refractivity contribution in [3.8, 4) is 0 Å². The van der Waals surface area contributed by atoms with Gasteiger partial charge in [-0.1, -0.05) is 24.3 Å². The minimum Gasteiger partial charge on any atom is -0.348 e. The maximum Gasteiger partial charge on any atom is 0.269 e. The van der Waals surface area contributed by atoms with Crippen LogP contribution in [0.1, 0.15) is 21.5 Å². The smallest absolute Gasteiger partial charge is 0.269 e. The Hall–Kier alpha value is -2.69. The second-order valence-corrected chi connectivity index (χ2v) is 4.42. The zero-order valence-electron chi connectivity index (χ0n) is 11.0. The van der Waals surface area contributed by atoms with Gasteiger partial charge in [0, 0.05) is 24.2 Å². The van der Waals surface area contributed by atoms with Gasteiger partial charge in [-0.05, 0) is 30.2 Å². The van der Waals surface area contributed by atoms with Crippen LogP contribution in [-0.2, 0) is 6.54 Å². The van der Waals surface area contributed by atoms with Crippen molar-refractivity contribution in [2.45, 2.75) is 13.5 Å². The van der Waals surface area contributed by atoms with Crippen molar-refractivity contribution in [3.05, 3.63) is 75.3 Å². The van der Waals surface area contributed by atoms with Gasteiger partial charge in [-0.15, -0.1) is 0 Å². The molecule has 0 aromatic heterocycles. The van der Waals surface area contributed by atoms with Crippen LogP contribution in [0.4, 0.5) is 5.69 Å². The third-order valence-corrected chi connectivity index (χ3v) is 3.02. The van der Waals surface area contributed by atoms with Crippen LogP contribution in [0.5, 0.6) is 0 Å². The molecule has 0 radical (unpaired) electrons. The normalized spacial score (nSPS) is 10.1.